The first kappa shape index (κ1) is 12.8. The third-order valence-electron chi connectivity index (χ3n) is 2.15. The van der Waals surface area contributed by atoms with Crippen molar-refractivity contribution in [1.82, 2.24) is 4.90 Å². The van der Waals surface area contributed by atoms with Crippen molar-refractivity contribution in [3.8, 4) is 5.75 Å². The minimum atomic E-state index is -0.649. The normalized spacial score (nSPS) is 9.76. The first-order valence-corrected chi connectivity index (χ1v) is 4.94. The molecule has 6 heteroatoms. The number of benzene rings is 1. The molecule has 0 aromatic heterocycles. The van der Waals surface area contributed by atoms with Crippen LogP contribution in [0.2, 0.25) is 0 Å². The van der Waals surface area contributed by atoms with Crippen molar-refractivity contribution < 1.29 is 14.3 Å². The number of anilines is 1. The molecule has 92 valence electrons. The third-order valence-corrected chi connectivity index (χ3v) is 2.15. The summed E-state index contributed by atoms with van der Waals surface area (Å²) in [6.07, 6.45) is 0. The molecule has 1 aromatic carbocycles. The Bertz CT molecular complexity index is 444. The van der Waals surface area contributed by atoms with Crippen LogP contribution in [0.1, 0.15) is 10.4 Å². The fraction of sp³-hybridized carbons (Fsp3) is 0.273. The van der Waals surface area contributed by atoms with Gasteiger partial charge in [0.15, 0.2) is 12.4 Å². The lowest BCUT2D eigenvalue weighted by atomic mass is 10.1. The molecule has 0 fully saturated rings. The molecule has 0 aliphatic carbocycles. The number of likely N-dealkylation sites (N-methyl/N-ethyl adjacent to an activating group) is 1. The van der Waals surface area contributed by atoms with E-state index in [0.717, 1.165) is 0 Å². The van der Waals surface area contributed by atoms with Crippen molar-refractivity contribution in [2.24, 2.45) is 5.73 Å². The van der Waals surface area contributed by atoms with Crippen LogP contribution in [0.3, 0.4) is 0 Å². The first-order chi connectivity index (χ1) is 7.93. The van der Waals surface area contributed by atoms with Crippen LogP contribution in [-0.2, 0) is 4.79 Å². The molecule has 0 aliphatic rings. The standard InChI is InChI=1S/C11H15N3O3/c1-14(2)9(15)6-17-10-7(11(13)16)4-3-5-8(10)12/h3-5H,6,12H2,1-2H3,(H2,13,16). The van der Waals surface area contributed by atoms with Gasteiger partial charge in [-0.25, -0.2) is 0 Å². The average molecular weight is 237 g/mol. The van der Waals surface area contributed by atoms with Gasteiger partial charge in [-0.1, -0.05) is 6.07 Å². The highest BCUT2D eigenvalue weighted by Gasteiger charge is 2.14. The second-order valence-corrected chi connectivity index (χ2v) is 3.67. The number of hydrogen-bond acceptors (Lipinski definition) is 4. The quantitative estimate of drug-likeness (QED) is 0.710. The monoisotopic (exact) mass is 237 g/mol. The minimum absolute atomic E-state index is 0.148. The summed E-state index contributed by atoms with van der Waals surface area (Å²) < 4.78 is 5.24. The van der Waals surface area contributed by atoms with Gasteiger partial charge in [0.05, 0.1) is 11.3 Å². The van der Waals surface area contributed by atoms with E-state index >= 15 is 0 Å². The fourth-order valence-corrected chi connectivity index (χ4v) is 1.17. The lowest BCUT2D eigenvalue weighted by Gasteiger charge is -2.14. The van der Waals surface area contributed by atoms with E-state index in [-0.39, 0.29) is 29.5 Å². The summed E-state index contributed by atoms with van der Waals surface area (Å²) in [6, 6.07) is 4.66. The topological polar surface area (TPSA) is 98.7 Å². The van der Waals surface area contributed by atoms with Crippen molar-refractivity contribution in [2.45, 2.75) is 0 Å². The summed E-state index contributed by atoms with van der Waals surface area (Å²) in [6.45, 7) is -0.193. The predicted molar refractivity (Wildman–Crippen MR) is 63.6 cm³/mol. The molecule has 0 aliphatic heterocycles. The Morgan fingerprint density at radius 1 is 1.35 bits per heavy atom. The van der Waals surface area contributed by atoms with Crippen molar-refractivity contribution in [3.63, 3.8) is 0 Å². The van der Waals surface area contributed by atoms with E-state index in [1.807, 2.05) is 0 Å². The Morgan fingerprint density at radius 3 is 2.53 bits per heavy atom. The highest BCUT2D eigenvalue weighted by molar-refractivity contribution is 5.97. The van der Waals surface area contributed by atoms with Gasteiger partial charge >= 0.3 is 0 Å². The second-order valence-electron chi connectivity index (χ2n) is 3.67. The molecule has 0 saturated carbocycles. The number of primary amides is 1. The van der Waals surface area contributed by atoms with Crippen LogP contribution in [-0.4, -0.2) is 37.4 Å². The molecule has 0 radical (unpaired) electrons. The van der Waals surface area contributed by atoms with Crippen LogP contribution in [0.4, 0.5) is 5.69 Å². The van der Waals surface area contributed by atoms with Gasteiger partial charge in [0, 0.05) is 14.1 Å². The van der Waals surface area contributed by atoms with Crippen molar-refractivity contribution in [1.29, 1.82) is 0 Å². The van der Waals surface area contributed by atoms with E-state index in [0.29, 0.717) is 0 Å². The smallest absolute Gasteiger partial charge is 0.259 e. The Kier molecular flexibility index (Phi) is 3.92. The van der Waals surface area contributed by atoms with E-state index < -0.39 is 5.91 Å². The zero-order valence-electron chi connectivity index (χ0n) is 9.77. The van der Waals surface area contributed by atoms with Gasteiger partial charge in [0.1, 0.15) is 0 Å². The lowest BCUT2D eigenvalue weighted by Crippen LogP contribution is -2.28. The van der Waals surface area contributed by atoms with E-state index in [1.165, 1.54) is 11.0 Å². The Balaban J connectivity index is 2.90. The summed E-state index contributed by atoms with van der Waals surface area (Å²) in [5.41, 5.74) is 11.3. The van der Waals surface area contributed by atoms with Gasteiger partial charge in [-0.05, 0) is 12.1 Å². The van der Waals surface area contributed by atoms with Crippen LogP contribution in [0, 0.1) is 0 Å². The number of hydrogen-bond donors (Lipinski definition) is 2. The van der Waals surface area contributed by atoms with E-state index in [2.05, 4.69) is 0 Å². The summed E-state index contributed by atoms with van der Waals surface area (Å²) >= 11 is 0. The molecule has 6 nitrogen and oxygen atoms in total. The number of nitrogens with zero attached hydrogens (tertiary/aromatic N) is 1. The van der Waals surface area contributed by atoms with Gasteiger partial charge in [-0.15, -0.1) is 0 Å². The van der Waals surface area contributed by atoms with Crippen molar-refractivity contribution in [2.75, 3.05) is 26.4 Å². The van der Waals surface area contributed by atoms with Crippen LogP contribution >= 0.6 is 0 Å². The van der Waals surface area contributed by atoms with Crippen LogP contribution in [0.5, 0.6) is 5.75 Å². The fourth-order valence-electron chi connectivity index (χ4n) is 1.17. The van der Waals surface area contributed by atoms with Gasteiger partial charge in [-0.2, -0.15) is 0 Å². The number of para-hydroxylation sites is 1. The molecule has 1 aromatic rings. The number of carbonyl (C=O) groups excluding carboxylic acids is 2. The van der Waals surface area contributed by atoms with E-state index in [1.54, 1.807) is 26.2 Å². The molecule has 17 heavy (non-hydrogen) atoms. The molecule has 0 heterocycles. The van der Waals surface area contributed by atoms with Crippen molar-refractivity contribution in [3.05, 3.63) is 23.8 Å². The zero-order chi connectivity index (χ0) is 13.0. The van der Waals surface area contributed by atoms with Gasteiger partial charge < -0.3 is 21.1 Å². The summed E-state index contributed by atoms with van der Waals surface area (Å²) in [5, 5.41) is 0. The predicted octanol–water partition coefficient (Wildman–Crippen LogP) is -0.165. The summed E-state index contributed by atoms with van der Waals surface area (Å²) in [7, 11) is 3.21. The summed E-state index contributed by atoms with van der Waals surface area (Å²) in [4.78, 5) is 23.9. The second kappa shape index (κ2) is 5.20. The molecule has 2 amide bonds. The molecule has 4 N–H and O–H groups in total. The molecule has 0 saturated heterocycles. The SMILES string of the molecule is CN(C)C(=O)COc1c(N)cccc1C(N)=O. The molecule has 0 atom stereocenters. The Morgan fingerprint density at radius 2 is 2.00 bits per heavy atom. The highest BCUT2D eigenvalue weighted by atomic mass is 16.5. The number of rotatable bonds is 4. The lowest BCUT2D eigenvalue weighted by molar-refractivity contribution is -0.130. The number of ether oxygens (including phenoxy) is 1. The van der Waals surface area contributed by atoms with Gasteiger partial charge in [-0.3, -0.25) is 9.59 Å². The van der Waals surface area contributed by atoms with Crippen LogP contribution < -0.4 is 16.2 Å². The maximum Gasteiger partial charge on any atom is 0.259 e. The molecule has 0 unspecified atom stereocenters. The van der Waals surface area contributed by atoms with Gasteiger partial charge in [0.25, 0.3) is 11.8 Å². The Labute approximate surface area is 99.1 Å². The maximum absolute atomic E-state index is 11.4. The number of carbonyl (C=O) groups is 2. The largest absolute Gasteiger partial charge is 0.481 e. The van der Waals surface area contributed by atoms with Gasteiger partial charge in [0.2, 0.25) is 0 Å². The average Bonchev–Trinajstić information content (AvgIpc) is 2.26. The first-order valence-electron chi connectivity index (χ1n) is 4.94. The van der Waals surface area contributed by atoms with E-state index in [9.17, 15) is 9.59 Å². The third kappa shape index (κ3) is 3.10. The van der Waals surface area contributed by atoms with Crippen molar-refractivity contribution >= 4 is 17.5 Å². The number of amides is 2. The highest BCUT2D eigenvalue weighted by Crippen LogP contribution is 2.25. The molecule has 1 rings (SSSR count). The molecule has 0 spiro atoms. The van der Waals surface area contributed by atoms with Crippen LogP contribution in [0.25, 0.3) is 0 Å². The minimum Gasteiger partial charge on any atom is -0.481 e. The van der Waals surface area contributed by atoms with Crippen LogP contribution in [0.15, 0.2) is 18.2 Å². The zero-order valence-corrected chi connectivity index (χ0v) is 9.77. The number of nitrogens with two attached hydrogens (primary N) is 2. The maximum atomic E-state index is 11.4. The van der Waals surface area contributed by atoms with E-state index in [4.69, 9.17) is 16.2 Å². The molecular weight excluding hydrogens is 222 g/mol. The number of nitrogen functional groups attached to an aromatic ring is 1. The molecule has 0 bridgehead atoms. The Hall–Kier alpha value is -2.24. The summed E-state index contributed by atoms with van der Waals surface area (Å²) in [5.74, 6) is -0.733. The molecular formula is C11H15N3O3.